The lowest BCUT2D eigenvalue weighted by atomic mass is 10.0. The van der Waals surface area contributed by atoms with Gasteiger partial charge in [-0.15, -0.1) is 0 Å². The van der Waals surface area contributed by atoms with Crippen molar-refractivity contribution in [2.75, 3.05) is 0 Å². The van der Waals surface area contributed by atoms with E-state index in [-0.39, 0.29) is 5.60 Å². The molecule has 1 aliphatic carbocycles. The molecular weight excluding hydrogens is 100 g/mol. The predicted molar refractivity (Wildman–Crippen MR) is 33.6 cm³/mol. The van der Waals surface area contributed by atoms with Crippen molar-refractivity contribution >= 4 is 0 Å². The third-order valence-corrected chi connectivity index (χ3v) is 1.96. The van der Waals surface area contributed by atoms with Crippen LogP contribution in [0.5, 0.6) is 0 Å². The van der Waals surface area contributed by atoms with Crippen molar-refractivity contribution in [3.05, 3.63) is 0 Å². The third kappa shape index (κ3) is 1.22. The number of aliphatic hydroxyl groups is 1. The Balaban J connectivity index is 2.44. The van der Waals surface area contributed by atoms with Gasteiger partial charge in [-0.3, -0.25) is 0 Å². The second-order valence-corrected chi connectivity index (χ2v) is 3.34. The fourth-order valence-electron chi connectivity index (χ4n) is 1.51. The van der Waals surface area contributed by atoms with Crippen molar-refractivity contribution in [3.8, 4) is 0 Å². The van der Waals surface area contributed by atoms with Crippen LogP contribution in [0.25, 0.3) is 0 Å². The summed E-state index contributed by atoms with van der Waals surface area (Å²) in [5, 5.41) is 9.36. The molecule has 0 spiro atoms. The van der Waals surface area contributed by atoms with E-state index < -0.39 is 0 Å². The van der Waals surface area contributed by atoms with Gasteiger partial charge >= 0.3 is 0 Å². The lowest BCUT2D eigenvalue weighted by Crippen LogP contribution is -2.18. The Morgan fingerprint density at radius 1 is 1.62 bits per heavy atom. The summed E-state index contributed by atoms with van der Waals surface area (Å²) in [6.45, 7) is 4.12. The molecule has 8 heavy (non-hydrogen) atoms. The fourth-order valence-corrected chi connectivity index (χ4v) is 1.51. The SMILES string of the molecule is C[C@H]1CC[C@@](C)(O)C1. The fraction of sp³-hybridized carbons (Fsp3) is 1.00. The zero-order valence-electron chi connectivity index (χ0n) is 5.65. The van der Waals surface area contributed by atoms with Crippen LogP contribution in [0.15, 0.2) is 0 Å². The first-order valence-corrected chi connectivity index (χ1v) is 3.32. The Labute approximate surface area is 50.7 Å². The minimum Gasteiger partial charge on any atom is -0.390 e. The number of rotatable bonds is 0. The first-order valence-electron chi connectivity index (χ1n) is 3.32. The highest BCUT2D eigenvalue weighted by Gasteiger charge is 2.29. The Bertz CT molecular complexity index is 86.4. The van der Waals surface area contributed by atoms with Gasteiger partial charge in [0.05, 0.1) is 5.60 Å². The van der Waals surface area contributed by atoms with E-state index in [1.807, 2.05) is 6.92 Å². The molecule has 48 valence electrons. The van der Waals surface area contributed by atoms with Crippen LogP contribution in [0.1, 0.15) is 33.1 Å². The van der Waals surface area contributed by atoms with Gasteiger partial charge in [0, 0.05) is 0 Å². The maximum absolute atomic E-state index is 9.36. The average molecular weight is 114 g/mol. The van der Waals surface area contributed by atoms with Gasteiger partial charge in [-0.25, -0.2) is 0 Å². The van der Waals surface area contributed by atoms with Crippen LogP contribution in [0, 0.1) is 5.92 Å². The van der Waals surface area contributed by atoms with Crippen LogP contribution >= 0.6 is 0 Å². The first kappa shape index (κ1) is 6.09. The molecule has 2 atom stereocenters. The quantitative estimate of drug-likeness (QED) is 0.506. The Morgan fingerprint density at radius 2 is 2.25 bits per heavy atom. The topological polar surface area (TPSA) is 20.2 Å². The molecule has 0 heterocycles. The van der Waals surface area contributed by atoms with E-state index in [0.717, 1.165) is 18.8 Å². The van der Waals surface area contributed by atoms with Crippen molar-refractivity contribution in [1.29, 1.82) is 0 Å². The van der Waals surface area contributed by atoms with Crippen LogP contribution < -0.4 is 0 Å². The van der Waals surface area contributed by atoms with E-state index >= 15 is 0 Å². The highest BCUT2D eigenvalue weighted by Crippen LogP contribution is 2.33. The largest absolute Gasteiger partial charge is 0.390 e. The molecule has 1 N–H and O–H groups in total. The monoisotopic (exact) mass is 114 g/mol. The molecule has 1 fully saturated rings. The summed E-state index contributed by atoms with van der Waals surface area (Å²) < 4.78 is 0. The first-order chi connectivity index (χ1) is 3.60. The third-order valence-electron chi connectivity index (χ3n) is 1.96. The lowest BCUT2D eigenvalue weighted by Gasteiger charge is -2.13. The summed E-state index contributed by atoms with van der Waals surface area (Å²) in [5.74, 6) is 0.741. The smallest absolute Gasteiger partial charge is 0.0622 e. The standard InChI is InChI=1S/C7H14O/c1-6-3-4-7(2,8)5-6/h6,8H,3-5H2,1-2H3/t6-,7+/m0/s1. The van der Waals surface area contributed by atoms with E-state index in [9.17, 15) is 5.11 Å². The molecule has 1 heteroatoms. The normalized spacial score (nSPS) is 47.6. The summed E-state index contributed by atoms with van der Waals surface area (Å²) in [6.07, 6.45) is 3.19. The molecule has 0 aromatic carbocycles. The van der Waals surface area contributed by atoms with Crippen LogP contribution in [0.2, 0.25) is 0 Å². The van der Waals surface area contributed by atoms with Gasteiger partial charge in [-0.2, -0.15) is 0 Å². The predicted octanol–water partition coefficient (Wildman–Crippen LogP) is 1.56. The van der Waals surface area contributed by atoms with Gasteiger partial charge in [0.1, 0.15) is 0 Å². The van der Waals surface area contributed by atoms with Crippen LogP contribution in [-0.4, -0.2) is 10.7 Å². The van der Waals surface area contributed by atoms with Crippen LogP contribution in [0.3, 0.4) is 0 Å². The Morgan fingerprint density at radius 3 is 2.38 bits per heavy atom. The van der Waals surface area contributed by atoms with E-state index in [4.69, 9.17) is 0 Å². The molecule has 0 aromatic heterocycles. The molecule has 1 nitrogen and oxygen atoms in total. The lowest BCUT2D eigenvalue weighted by molar-refractivity contribution is 0.0644. The zero-order valence-corrected chi connectivity index (χ0v) is 5.65. The van der Waals surface area contributed by atoms with Gasteiger partial charge in [0.2, 0.25) is 0 Å². The van der Waals surface area contributed by atoms with Crippen molar-refractivity contribution in [2.45, 2.75) is 38.7 Å². The molecule has 1 aliphatic rings. The van der Waals surface area contributed by atoms with Crippen molar-refractivity contribution in [3.63, 3.8) is 0 Å². The molecular formula is C7H14O. The summed E-state index contributed by atoms with van der Waals surface area (Å²) >= 11 is 0. The molecule has 0 radical (unpaired) electrons. The van der Waals surface area contributed by atoms with Crippen molar-refractivity contribution in [2.24, 2.45) is 5.92 Å². The maximum atomic E-state index is 9.36. The van der Waals surface area contributed by atoms with Crippen molar-refractivity contribution in [1.82, 2.24) is 0 Å². The second kappa shape index (κ2) is 1.73. The summed E-state index contributed by atoms with van der Waals surface area (Å²) in [5.41, 5.74) is -0.334. The molecule has 0 amide bonds. The summed E-state index contributed by atoms with van der Waals surface area (Å²) in [7, 11) is 0. The molecule has 0 unspecified atom stereocenters. The highest BCUT2D eigenvalue weighted by molar-refractivity contribution is 4.82. The number of hydrogen-bond donors (Lipinski definition) is 1. The van der Waals surface area contributed by atoms with E-state index in [0.29, 0.717) is 0 Å². The summed E-state index contributed by atoms with van der Waals surface area (Å²) in [4.78, 5) is 0. The molecule has 1 rings (SSSR count). The Kier molecular flexibility index (Phi) is 1.31. The maximum Gasteiger partial charge on any atom is 0.0622 e. The molecule has 1 saturated carbocycles. The molecule has 0 saturated heterocycles. The van der Waals surface area contributed by atoms with Gasteiger partial charge in [0.15, 0.2) is 0 Å². The minimum absolute atomic E-state index is 0.334. The second-order valence-electron chi connectivity index (χ2n) is 3.34. The van der Waals surface area contributed by atoms with Crippen LogP contribution in [0.4, 0.5) is 0 Å². The van der Waals surface area contributed by atoms with Gasteiger partial charge in [-0.1, -0.05) is 6.92 Å². The van der Waals surface area contributed by atoms with E-state index in [1.54, 1.807) is 0 Å². The molecule has 0 aromatic rings. The van der Waals surface area contributed by atoms with Gasteiger partial charge < -0.3 is 5.11 Å². The van der Waals surface area contributed by atoms with Gasteiger partial charge in [0.25, 0.3) is 0 Å². The number of hydrogen-bond acceptors (Lipinski definition) is 1. The Hall–Kier alpha value is -0.0400. The van der Waals surface area contributed by atoms with Gasteiger partial charge in [-0.05, 0) is 32.1 Å². The minimum atomic E-state index is -0.334. The zero-order chi connectivity index (χ0) is 6.20. The van der Waals surface area contributed by atoms with E-state index in [1.165, 1.54) is 6.42 Å². The van der Waals surface area contributed by atoms with Crippen molar-refractivity contribution < 1.29 is 5.11 Å². The van der Waals surface area contributed by atoms with E-state index in [2.05, 4.69) is 6.92 Å². The molecule has 0 bridgehead atoms. The highest BCUT2D eigenvalue weighted by atomic mass is 16.3. The molecule has 0 aliphatic heterocycles. The summed E-state index contributed by atoms with van der Waals surface area (Å²) in [6, 6.07) is 0. The van der Waals surface area contributed by atoms with Crippen LogP contribution in [-0.2, 0) is 0 Å². The average Bonchev–Trinajstić information content (AvgIpc) is 1.82.